The molecule has 0 saturated heterocycles. The van der Waals surface area contributed by atoms with Gasteiger partial charge in [0, 0.05) is 11.3 Å². The van der Waals surface area contributed by atoms with E-state index in [-0.39, 0.29) is 10.8 Å². The van der Waals surface area contributed by atoms with Gasteiger partial charge in [0.2, 0.25) is 0 Å². The van der Waals surface area contributed by atoms with Crippen LogP contribution >= 0.6 is 11.6 Å². The number of halogens is 1. The fourth-order valence-electron chi connectivity index (χ4n) is 7.95. The molecule has 0 aliphatic rings. The average Bonchev–Trinajstić information content (AvgIpc) is 3.40. The maximum absolute atomic E-state index is 11.3. The summed E-state index contributed by atoms with van der Waals surface area (Å²) in [6.07, 6.45) is 2.29. The van der Waals surface area contributed by atoms with Crippen LogP contribution in [0.5, 0.6) is 0 Å². The van der Waals surface area contributed by atoms with Crippen molar-refractivity contribution in [2.75, 3.05) is 6.26 Å². The number of rotatable bonds is 5. The van der Waals surface area contributed by atoms with Crippen LogP contribution in [0.15, 0.2) is 235 Å². The van der Waals surface area contributed by atoms with Crippen LogP contribution in [0.3, 0.4) is 0 Å². The molecule has 0 unspecified atom stereocenters. The Balaban J connectivity index is 0.000000198. The lowest BCUT2D eigenvalue weighted by atomic mass is 9.82. The van der Waals surface area contributed by atoms with E-state index in [1.165, 1.54) is 61.5 Å². The van der Waals surface area contributed by atoms with Gasteiger partial charge in [0.25, 0.3) is 0 Å². The molecular weight excluding hydrogens is 928 g/mol. The predicted octanol–water partition coefficient (Wildman–Crippen LogP) is 20.1. The molecule has 9 rings (SSSR count). The second-order valence-corrected chi connectivity index (χ2v) is 23.2. The summed E-state index contributed by atoms with van der Waals surface area (Å²) in [5.74, 6) is 0. The molecule has 380 valence electrons. The number of hydrogen-bond donors (Lipinski definition) is 0. The van der Waals surface area contributed by atoms with Gasteiger partial charge in [-0.25, -0.2) is 8.42 Å². The molecule has 0 heterocycles. The molecule has 0 aliphatic carbocycles. The number of fused-ring (bicyclic) bond motifs is 1. The van der Waals surface area contributed by atoms with Crippen LogP contribution in [-0.4, -0.2) is 14.7 Å². The molecule has 2 nitrogen and oxygen atoms in total. The summed E-state index contributed by atoms with van der Waals surface area (Å²) in [4.78, 5) is 0.354. The summed E-state index contributed by atoms with van der Waals surface area (Å²) in [5, 5.41) is 3.49. The number of benzene rings is 9. The van der Waals surface area contributed by atoms with Gasteiger partial charge in [0.05, 0.1) is 4.90 Å². The first-order chi connectivity index (χ1) is 34.6. The zero-order valence-electron chi connectivity index (χ0n) is 45.7. The van der Waals surface area contributed by atoms with Crippen molar-refractivity contribution in [3.8, 4) is 33.4 Å². The lowest BCUT2D eigenvalue weighted by molar-refractivity contribution is 0.590. The third-order valence-electron chi connectivity index (χ3n) is 12.0. The zero-order chi connectivity index (χ0) is 53.7. The van der Waals surface area contributed by atoms with Crippen LogP contribution in [0, 0.1) is 0 Å². The molecule has 0 bridgehead atoms. The fraction of sp³-hybridized carbons (Fsp3) is 0.246. The number of hydrogen-bond acceptors (Lipinski definition) is 2. The van der Waals surface area contributed by atoms with E-state index >= 15 is 0 Å². The first-order valence-electron chi connectivity index (χ1n) is 25.5. The first kappa shape index (κ1) is 59.0. The average molecular weight is 1010 g/mol. The Labute approximate surface area is 446 Å². The Morgan fingerprint density at radius 1 is 0.397 bits per heavy atom. The highest BCUT2D eigenvalue weighted by molar-refractivity contribution is 7.90. The topological polar surface area (TPSA) is 34.1 Å². The van der Waals surface area contributed by atoms with Crippen LogP contribution in [0.2, 0.25) is 5.02 Å². The SMILES string of the molecule is CC.CC(C)(C)c1cccc2ccccc12.CC(C)(C)c1ccccc1.CC(C)(C)c1ccccc1-c1ccccc1.CCc1ccc(-c2cccc(Cl)c2)cc1.CS(=O)(=O)c1ccc(-c2ccccc2)cc1. The molecule has 73 heavy (non-hydrogen) atoms. The lowest BCUT2D eigenvalue weighted by Gasteiger charge is -2.23. The molecule has 0 radical (unpaired) electrons. The van der Waals surface area contributed by atoms with Crippen molar-refractivity contribution in [3.05, 3.63) is 258 Å². The predicted molar refractivity (Wildman–Crippen MR) is 321 cm³/mol. The summed E-state index contributed by atoms with van der Waals surface area (Å²) in [7, 11) is -3.10. The highest BCUT2D eigenvalue weighted by Gasteiger charge is 2.18. The van der Waals surface area contributed by atoms with Crippen molar-refractivity contribution in [2.45, 2.75) is 111 Å². The molecule has 0 atom stereocenters. The monoisotopic (exact) mass is 1010 g/mol. The number of aryl methyl sites for hydroxylation is 1. The van der Waals surface area contributed by atoms with Crippen molar-refractivity contribution in [1.29, 1.82) is 0 Å². The Morgan fingerprint density at radius 2 is 0.808 bits per heavy atom. The van der Waals surface area contributed by atoms with Gasteiger partial charge in [0.15, 0.2) is 9.84 Å². The van der Waals surface area contributed by atoms with E-state index in [2.05, 4.69) is 227 Å². The molecule has 0 N–H and O–H groups in total. The largest absolute Gasteiger partial charge is 0.224 e. The maximum atomic E-state index is 11.3. The molecule has 0 fully saturated rings. The second-order valence-electron chi connectivity index (χ2n) is 20.8. The van der Waals surface area contributed by atoms with Crippen LogP contribution < -0.4 is 0 Å². The minimum atomic E-state index is -3.10. The van der Waals surface area contributed by atoms with Crippen LogP contribution in [0.4, 0.5) is 0 Å². The van der Waals surface area contributed by atoms with Gasteiger partial charge in [-0.15, -0.1) is 0 Å². The van der Waals surface area contributed by atoms with E-state index in [0.717, 1.165) is 22.6 Å². The van der Waals surface area contributed by atoms with Gasteiger partial charge in [-0.3, -0.25) is 0 Å². The molecule has 0 aromatic heterocycles. The number of sulfone groups is 1. The van der Waals surface area contributed by atoms with Gasteiger partial charge < -0.3 is 0 Å². The minimum Gasteiger partial charge on any atom is -0.224 e. The molecule has 0 amide bonds. The second kappa shape index (κ2) is 28.1. The lowest BCUT2D eigenvalue weighted by Crippen LogP contribution is -2.12. The first-order valence-corrected chi connectivity index (χ1v) is 27.8. The summed E-state index contributed by atoms with van der Waals surface area (Å²) < 4.78 is 22.6. The van der Waals surface area contributed by atoms with E-state index in [9.17, 15) is 8.42 Å². The third-order valence-corrected chi connectivity index (χ3v) is 13.3. The summed E-state index contributed by atoms with van der Waals surface area (Å²) in [6.45, 7) is 26.4. The van der Waals surface area contributed by atoms with E-state index in [1.54, 1.807) is 12.1 Å². The van der Waals surface area contributed by atoms with Gasteiger partial charge in [-0.2, -0.15) is 0 Å². The summed E-state index contributed by atoms with van der Waals surface area (Å²) in [5.41, 5.74) is 13.4. The molecule has 4 heteroatoms. The Hall–Kier alpha value is -6.52. The van der Waals surface area contributed by atoms with E-state index < -0.39 is 9.84 Å². The minimum absolute atomic E-state index is 0.187. The third kappa shape index (κ3) is 19.1. The highest BCUT2D eigenvalue weighted by Crippen LogP contribution is 2.33. The highest BCUT2D eigenvalue weighted by atomic mass is 35.5. The molecule has 0 aliphatic heterocycles. The standard InChI is InChI=1S/C16H18.C14H13Cl.C14H16.C13H12O2S.C10H14.C2H6/c1-16(2,3)15-12-8-7-11-14(15)13-9-5-4-6-10-13;1-2-11-6-8-12(9-7-11)13-4-3-5-14(15)10-13;1-14(2,3)13-10-6-8-11-7-4-5-9-12(11)13;1-16(14,15)13-9-7-12(8-10-13)11-5-3-2-4-6-11;1-10(2,3)9-7-5-4-6-8-9;1-2/h4-12H,1-3H3;3-10H,2H2,1H3;4-10H,1-3H3;2-10H,1H3;4-8H,1-3H3;1-2H3. The summed E-state index contributed by atoms with van der Waals surface area (Å²) in [6, 6.07) is 78.2. The Bertz CT molecular complexity index is 3100. The van der Waals surface area contributed by atoms with E-state index in [1.807, 2.05) is 74.5 Å². The van der Waals surface area contributed by atoms with Crippen molar-refractivity contribution in [3.63, 3.8) is 0 Å². The molecule has 9 aromatic carbocycles. The van der Waals surface area contributed by atoms with Crippen LogP contribution in [0.1, 0.15) is 105 Å². The molecule has 0 saturated carbocycles. The van der Waals surface area contributed by atoms with E-state index in [0.29, 0.717) is 10.3 Å². The zero-order valence-corrected chi connectivity index (χ0v) is 47.3. The van der Waals surface area contributed by atoms with Crippen molar-refractivity contribution >= 4 is 32.2 Å². The molecule has 9 aromatic rings. The van der Waals surface area contributed by atoms with Crippen molar-refractivity contribution in [1.82, 2.24) is 0 Å². The van der Waals surface area contributed by atoms with Crippen molar-refractivity contribution < 1.29 is 8.42 Å². The Kier molecular flexibility index (Phi) is 22.7. The van der Waals surface area contributed by atoms with E-state index in [4.69, 9.17) is 11.6 Å². The quantitative estimate of drug-likeness (QED) is 0.172. The van der Waals surface area contributed by atoms with Gasteiger partial charge >= 0.3 is 0 Å². The fourth-order valence-corrected chi connectivity index (χ4v) is 8.77. The van der Waals surface area contributed by atoms with Gasteiger partial charge in [-0.1, -0.05) is 301 Å². The molecular formula is C69H79ClO2S. The maximum Gasteiger partial charge on any atom is 0.175 e. The van der Waals surface area contributed by atoms with Crippen LogP contribution in [0.25, 0.3) is 44.2 Å². The van der Waals surface area contributed by atoms with Gasteiger partial charge in [-0.05, 0) is 113 Å². The molecule has 0 spiro atoms. The summed E-state index contributed by atoms with van der Waals surface area (Å²) >= 11 is 5.95. The van der Waals surface area contributed by atoms with Crippen LogP contribution in [-0.2, 0) is 32.5 Å². The van der Waals surface area contributed by atoms with Gasteiger partial charge in [0.1, 0.15) is 0 Å². The smallest absolute Gasteiger partial charge is 0.175 e. The normalized spacial score (nSPS) is 11.0. The Morgan fingerprint density at radius 3 is 1.32 bits per heavy atom. The van der Waals surface area contributed by atoms with Crippen molar-refractivity contribution in [2.24, 2.45) is 0 Å².